The van der Waals surface area contributed by atoms with Gasteiger partial charge in [0.05, 0.1) is 30.2 Å². The molecule has 2 aromatic carbocycles. The van der Waals surface area contributed by atoms with Crippen molar-refractivity contribution >= 4 is 15.9 Å². The quantitative estimate of drug-likeness (QED) is 0.510. The molecule has 0 radical (unpaired) electrons. The van der Waals surface area contributed by atoms with Gasteiger partial charge in [-0.3, -0.25) is 4.79 Å². The van der Waals surface area contributed by atoms with E-state index in [-0.39, 0.29) is 35.9 Å². The molecule has 0 aliphatic heterocycles. The summed E-state index contributed by atoms with van der Waals surface area (Å²) in [6, 6.07) is 12.9. The number of benzene rings is 2. The average molecular weight is 472 g/mol. The summed E-state index contributed by atoms with van der Waals surface area (Å²) in [5, 5.41) is 11.5. The molecule has 0 heterocycles. The Labute approximate surface area is 195 Å². The number of ether oxygens (including phenoxy) is 2. The van der Waals surface area contributed by atoms with Crippen LogP contribution >= 0.6 is 0 Å². The Morgan fingerprint density at radius 2 is 1.85 bits per heavy atom. The number of rotatable bonds is 10. The third kappa shape index (κ3) is 6.46. The highest BCUT2D eigenvalue weighted by atomic mass is 32.2. The van der Waals surface area contributed by atoms with Gasteiger partial charge in [-0.05, 0) is 74.6 Å². The fourth-order valence-corrected chi connectivity index (χ4v) is 4.74. The van der Waals surface area contributed by atoms with Crippen molar-refractivity contribution in [1.82, 2.24) is 10.0 Å². The van der Waals surface area contributed by atoms with Crippen LogP contribution in [-0.2, 0) is 10.0 Å². The maximum absolute atomic E-state index is 12.7. The van der Waals surface area contributed by atoms with E-state index in [1.807, 2.05) is 31.2 Å². The summed E-state index contributed by atoms with van der Waals surface area (Å²) in [6.07, 6.45) is 4.75. The van der Waals surface area contributed by atoms with Gasteiger partial charge in [0.15, 0.2) is 11.5 Å². The van der Waals surface area contributed by atoms with Gasteiger partial charge in [-0.1, -0.05) is 6.07 Å². The second kappa shape index (κ2) is 11.2. The molecule has 1 unspecified atom stereocenters. The van der Waals surface area contributed by atoms with Crippen LogP contribution < -0.4 is 19.5 Å². The van der Waals surface area contributed by atoms with Gasteiger partial charge in [0.2, 0.25) is 10.0 Å². The molecular formula is C24H29N3O5S. The molecule has 0 saturated heterocycles. The van der Waals surface area contributed by atoms with Crippen molar-refractivity contribution in [2.24, 2.45) is 0 Å². The maximum Gasteiger partial charge on any atom is 0.251 e. The normalized spacial score (nSPS) is 14.9. The number of nitrogens with zero attached hydrogens (tertiary/aromatic N) is 1. The van der Waals surface area contributed by atoms with Crippen LogP contribution in [0, 0.1) is 11.3 Å². The van der Waals surface area contributed by atoms with Gasteiger partial charge in [-0.25, -0.2) is 13.1 Å². The van der Waals surface area contributed by atoms with Crippen molar-refractivity contribution in [3.63, 3.8) is 0 Å². The number of carbonyl (C=O) groups excluding carboxylic acids is 1. The van der Waals surface area contributed by atoms with Gasteiger partial charge in [0.1, 0.15) is 0 Å². The molecular weight excluding hydrogens is 442 g/mol. The van der Waals surface area contributed by atoms with Crippen LogP contribution in [0.5, 0.6) is 11.5 Å². The molecule has 1 saturated carbocycles. The zero-order valence-electron chi connectivity index (χ0n) is 18.8. The third-order valence-corrected chi connectivity index (χ3v) is 7.06. The lowest BCUT2D eigenvalue weighted by Crippen LogP contribution is -2.27. The number of carbonyl (C=O) groups is 1. The summed E-state index contributed by atoms with van der Waals surface area (Å²) < 4.78 is 38.3. The van der Waals surface area contributed by atoms with E-state index < -0.39 is 10.0 Å². The summed E-state index contributed by atoms with van der Waals surface area (Å²) in [5.41, 5.74) is 1.20. The molecule has 33 heavy (non-hydrogen) atoms. The van der Waals surface area contributed by atoms with Gasteiger partial charge >= 0.3 is 0 Å². The zero-order valence-corrected chi connectivity index (χ0v) is 19.7. The van der Waals surface area contributed by atoms with Crippen molar-refractivity contribution in [2.75, 3.05) is 13.7 Å². The van der Waals surface area contributed by atoms with Crippen LogP contribution in [0.3, 0.4) is 0 Å². The number of hydrogen-bond donors (Lipinski definition) is 2. The fraction of sp³-hybridized carbons (Fsp3) is 0.417. The van der Waals surface area contributed by atoms with Gasteiger partial charge in [0.25, 0.3) is 5.91 Å². The molecule has 2 aromatic rings. The second-order valence-corrected chi connectivity index (χ2v) is 9.73. The Kier molecular flexibility index (Phi) is 8.31. The molecule has 3 rings (SSSR count). The van der Waals surface area contributed by atoms with E-state index in [1.165, 1.54) is 37.1 Å². The molecule has 9 heteroatoms. The highest BCUT2D eigenvalue weighted by Crippen LogP contribution is 2.33. The number of nitriles is 1. The van der Waals surface area contributed by atoms with Crippen LogP contribution in [0.1, 0.15) is 61.0 Å². The highest BCUT2D eigenvalue weighted by molar-refractivity contribution is 7.89. The summed E-state index contributed by atoms with van der Waals surface area (Å²) in [5.74, 6) is 1.000. The number of hydrogen-bond acceptors (Lipinski definition) is 6. The van der Waals surface area contributed by atoms with Gasteiger partial charge < -0.3 is 14.8 Å². The standard InChI is InChI=1S/C24H29N3O5S/c1-17(19-10-13-22(23(16-19)31-2)32-20-6-3-4-7-20)27-24(28)18-8-11-21(12-9-18)33(29,30)26-15-5-14-25/h8-13,16-17,20,26H,3-7,15H2,1-2H3,(H,27,28). The number of nitrogens with one attached hydrogen (secondary N) is 2. The molecule has 0 aromatic heterocycles. The Morgan fingerprint density at radius 1 is 1.15 bits per heavy atom. The molecule has 1 fully saturated rings. The Bertz CT molecular complexity index is 1100. The fourth-order valence-electron chi connectivity index (χ4n) is 3.71. The summed E-state index contributed by atoms with van der Waals surface area (Å²) in [4.78, 5) is 12.7. The molecule has 176 valence electrons. The number of methoxy groups -OCH3 is 1. The van der Waals surface area contributed by atoms with Gasteiger partial charge in [-0.2, -0.15) is 5.26 Å². The second-order valence-electron chi connectivity index (χ2n) is 7.96. The van der Waals surface area contributed by atoms with E-state index in [2.05, 4.69) is 10.0 Å². The highest BCUT2D eigenvalue weighted by Gasteiger charge is 2.20. The first-order valence-corrected chi connectivity index (χ1v) is 12.4. The maximum atomic E-state index is 12.7. The molecule has 1 atom stereocenters. The third-order valence-electron chi connectivity index (χ3n) is 5.59. The van der Waals surface area contributed by atoms with E-state index in [0.717, 1.165) is 18.4 Å². The number of amides is 1. The van der Waals surface area contributed by atoms with Crippen molar-refractivity contribution in [2.45, 2.75) is 56.1 Å². The molecule has 8 nitrogen and oxygen atoms in total. The lowest BCUT2D eigenvalue weighted by Gasteiger charge is -2.19. The molecule has 1 aliphatic rings. The van der Waals surface area contributed by atoms with Crippen molar-refractivity contribution in [3.05, 3.63) is 53.6 Å². The molecule has 1 aliphatic carbocycles. The first-order chi connectivity index (χ1) is 15.8. The summed E-state index contributed by atoms with van der Waals surface area (Å²) in [7, 11) is -2.13. The van der Waals surface area contributed by atoms with Crippen LogP contribution in [0.2, 0.25) is 0 Å². The molecule has 0 bridgehead atoms. The zero-order chi connectivity index (χ0) is 23.8. The minimum absolute atomic E-state index is 0.0343. The monoisotopic (exact) mass is 471 g/mol. The van der Waals surface area contributed by atoms with Crippen LogP contribution in [-0.4, -0.2) is 34.1 Å². The Balaban J connectivity index is 1.64. The molecule has 2 N–H and O–H groups in total. The SMILES string of the molecule is COc1cc(C(C)NC(=O)c2ccc(S(=O)(=O)NCCC#N)cc2)ccc1OC1CCCC1. The summed E-state index contributed by atoms with van der Waals surface area (Å²) in [6.45, 7) is 1.90. The lowest BCUT2D eigenvalue weighted by atomic mass is 10.1. The summed E-state index contributed by atoms with van der Waals surface area (Å²) >= 11 is 0. The molecule has 0 spiro atoms. The van der Waals surface area contributed by atoms with E-state index >= 15 is 0 Å². The van der Waals surface area contributed by atoms with Crippen LogP contribution in [0.25, 0.3) is 0 Å². The first-order valence-electron chi connectivity index (χ1n) is 11.0. The minimum Gasteiger partial charge on any atom is -0.493 e. The Morgan fingerprint density at radius 3 is 2.48 bits per heavy atom. The van der Waals surface area contributed by atoms with E-state index in [4.69, 9.17) is 14.7 Å². The van der Waals surface area contributed by atoms with Gasteiger partial charge in [-0.15, -0.1) is 0 Å². The number of sulfonamides is 1. The van der Waals surface area contributed by atoms with E-state index in [1.54, 1.807) is 7.11 Å². The van der Waals surface area contributed by atoms with Gasteiger partial charge in [0, 0.05) is 18.5 Å². The van der Waals surface area contributed by atoms with Crippen molar-refractivity contribution in [1.29, 1.82) is 5.26 Å². The van der Waals surface area contributed by atoms with Crippen LogP contribution in [0.4, 0.5) is 0 Å². The minimum atomic E-state index is -3.72. The van der Waals surface area contributed by atoms with E-state index in [0.29, 0.717) is 17.1 Å². The Hall–Kier alpha value is -3.09. The van der Waals surface area contributed by atoms with Crippen molar-refractivity contribution in [3.8, 4) is 17.6 Å². The predicted octanol–water partition coefficient (Wildman–Crippen LogP) is 3.70. The largest absolute Gasteiger partial charge is 0.493 e. The topological polar surface area (TPSA) is 118 Å². The lowest BCUT2D eigenvalue weighted by molar-refractivity contribution is 0.0939. The smallest absolute Gasteiger partial charge is 0.251 e. The predicted molar refractivity (Wildman–Crippen MR) is 124 cm³/mol. The molecule has 1 amide bonds. The van der Waals surface area contributed by atoms with E-state index in [9.17, 15) is 13.2 Å². The average Bonchev–Trinajstić information content (AvgIpc) is 3.32. The van der Waals surface area contributed by atoms with Crippen LogP contribution in [0.15, 0.2) is 47.4 Å². The van der Waals surface area contributed by atoms with Crippen molar-refractivity contribution < 1.29 is 22.7 Å². The first kappa shape index (κ1) is 24.6.